The van der Waals surface area contributed by atoms with E-state index in [4.69, 9.17) is 14.2 Å². The molecule has 6 heteroatoms. The predicted molar refractivity (Wildman–Crippen MR) is 302 cm³/mol. The number of rotatable bonds is 50. The van der Waals surface area contributed by atoms with E-state index in [0.29, 0.717) is 19.3 Å². The quantitative estimate of drug-likeness (QED) is 0.0262. The molecular weight excluding hydrogens is 865 g/mol. The van der Waals surface area contributed by atoms with Crippen molar-refractivity contribution < 1.29 is 28.6 Å². The fraction of sp³-hybridized carbons (Fsp3) is 0.641. The van der Waals surface area contributed by atoms with Gasteiger partial charge >= 0.3 is 17.9 Å². The standard InChI is InChI=1S/C64H104O6/c1-4-7-10-13-16-19-22-25-28-31-32-34-36-39-42-45-48-51-54-57-63(66)69-60-61(59-68-62(65)56-53-50-47-44-41-38-35-30-27-24-21-18-15-12-9-6-3)70-64(67)58-55-52-49-46-43-40-37-33-29-26-23-20-17-14-11-8-5-2/h7,10,16-17,19-20,25-26,28-29,32,34,37,39-40,42,46,48-49,51,61H,4-6,8-9,11-15,18,21-24,27,30-31,33,35-36,38,41,43-45,47,50,52-60H2,1-3H3/b10-7-,19-16-,20-17-,28-25-,29-26-,34-32-,40-37-,42-39-,49-46-,51-48-/t61-/m1/s1. The fourth-order valence-corrected chi connectivity index (χ4v) is 7.46. The first-order valence-corrected chi connectivity index (χ1v) is 28.5. The van der Waals surface area contributed by atoms with Crippen LogP contribution in [0.1, 0.15) is 245 Å². The molecule has 0 fully saturated rings. The fourth-order valence-electron chi connectivity index (χ4n) is 7.46. The van der Waals surface area contributed by atoms with Crippen molar-refractivity contribution >= 4 is 17.9 Å². The average molecular weight is 970 g/mol. The molecule has 0 amide bonds. The third-order valence-electron chi connectivity index (χ3n) is 11.7. The maximum Gasteiger partial charge on any atom is 0.306 e. The van der Waals surface area contributed by atoms with E-state index >= 15 is 0 Å². The van der Waals surface area contributed by atoms with Crippen LogP contribution >= 0.6 is 0 Å². The van der Waals surface area contributed by atoms with E-state index in [9.17, 15) is 14.4 Å². The van der Waals surface area contributed by atoms with Gasteiger partial charge in [-0.3, -0.25) is 14.4 Å². The van der Waals surface area contributed by atoms with Crippen LogP contribution in [-0.2, 0) is 28.6 Å². The maximum atomic E-state index is 12.8. The lowest BCUT2D eigenvalue weighted by molar-refractivity contribution is -0.166. The van der Waals surface area contributed by atoms with Gasteiger partial charge in [0, 0.05) is 19.3 Å². The number of hydrogen-bond donors (Lipinski definition) is 0. The lowest BCUT2D eigenvalue weighted by Gasteiger charge is -2.18. The van der Waals surface area contributed by atoms with Crippen LogP contribution in [0.25, 0.3) is 0 Å². The van der Waals surface area contributed by atoms with E-state index in [1.54, 1.807) is 0 Å². The first-order chi connectivity index (χ1) is 34.5. The molecule has 0 rings (SSSR count). The van der Waals surface area contributed by atoms with E-state index in [1.807, 2.05) is 12.2 Å². The Labute approximate surface area is 431 Å². The zero-order chi connectivity index (χ0) is 50.7. The Morgan fingerprint density at radius 3 is 1.00 bits per heavy atom. The number of carbonyl (C=O) groups is 3. The molecule has 0 radical (unpaired) electrons. The van der Waals surface area contributed by atoms with Crippen LogP contribution in [0, 0.1) is 0 Å². The van der Waals surface area contributed by atoms with E-state index < -0.39 is 6.10 Å². The Hall–Kier alpha value is -4.19. The molecule has 70 heavy (non-hydrogen) atoms. The maximum absolute atomic E-state index is 12.8. The lowest BCUT2D eigenvalue weighted by atomic mass is 10.0. The molecule has 0 spiro atoms. The first-order valence-electron chi connectivity index (χ1n) is 28.5. The Bertz CT molecular complexity index is 1490. The van der Waals surface area contributed by atoms with Crippen molar-refractivity contribution in [2.45, 2.75) is 252 Å². The number of esters is 3. The van der Waals surface area contributed by atoms with Gasteiger partial charge in [0.05, 0.1) is 0 Å². The molecule has 0 saturated carbocycles. The number of ether oxygens (including phenoxy) is 3. The summed E-state index contributed by atoms with van der Waals surface area (Å²) < 4.78 is 16.7. The molecule has 0 heterocycles. The van der Waals surface area contributed by atoms with Crippen molar-refractivity contribution in [3.63, 3.8) is 0 Å². The Morgan fingerprint density at radius 1 is 0.300 bits per heavy atom. The second-order valence-electron chi connectivity index (χ2n) is 18.5. The van der Waals surface area contributed by atoms with Gasteiger partial charge in [0.15, 0.2) is 6.10 Å². The van der Waals surface area contributed by atoms with Gasteiger partial charge in [0.2, 0.25) is 0 Å². The molecule has 0 saturated heterocycles. The highest BCUT2D eigenvalue weighted by Crippen LogP contribution is 2.15. The minimum Gasteiger partial charge on any atom is -0.462 e. The summed E-state index contributed by atoms with van der Waals surface area (Å²) in [6, 6.07) is 0. The summed E-state index contributed by atoms with van der Waals surface area (Å²) >= 11 is 0. The average Bonchev–Trinajstić information content (AvgIpc) is 3.36. The summed E-state index contributed by atoms with van der Waals surface area (Å²) in [7, 11) is 0. The number of carbonyl (C=O) groups excluding carboxylic acids is 3. The molecule has 0 unspecified atom stereocenters. The molecule has 0 aromatic rings. The van der Waals surface area contributed by atoms with Crippen LogP contribution in [0.4, 0.5) is 0 Å². The number of unbranched alkanes of at least 4 members (excludes halogenated alkanes) is 19. The Kier molecular flexibility index (Phi) is 54.0. The van der Waals surface area contributed by atoms with Crippen molar-refractivity contribution in [3.8, 4) is 0 Å². The third-order valence-corrected chi connectivity index (χ3v) is 11.7. The molecule has 396 valence electrons. The van der Waals surface area contributed by atoms with E-state index in [0.717, 1.165) is 83.5 Å². The molecule has 0 aromatic heterocycles. The summed E-state index contributed by atoms with van der Waals surface area (Å²) in [6.45, 7) is 6.39. The van der Waals surface area contributed by atoms with Gasteiger partial charge in [-0.15, -0.1) is 0 Å². The molecule has 0 aliphatic heterocycles. The van der Waals surface area contributed by atoms with Gasteiger partial charge in [0.1, 0.15) is 13.2 Å². The van der Waals surface area contributed by atoms with Crippen molar-refractivity contribution in [2.24, 2.45) is 0 Å². The Balaban J connectivity index is 4.59. The highest BCUT2D eigenvalue weighted by Gasteiger charge is 2.19. The highest BCUT2D eigenvalue weighted by atomic mass is 16.6. The largest absolute Gasteiger partial charge is 0.462 e. The van der Waals surface area contributed by atoms with Crippen LogP contribution in [0.15, 0.2) is 122 Å². The van der Waals surface area contributed by atoms with Crippen molar-refractivity contribution in [2.75, 3.05) is 13.2 Å². The smallest absolute Gasteiger partial charge is 0.306 e. The van der Waals surface area contributed by atoms with Crippen LogP contribution in [0.5, 0.6) is 0 Å². The van der Waals surface area contributed by atoms with Gasteiger partial charge in [-0.1, -0.05) is 251 Å². The van der Waals surface area contributed by atoms with E-state index in [2.05, 4.69) is 130 Å². The second kappa shape index (κ2) is 57.4. The van der Waals surface area contributed by atoms with Gasteiger partial charge in [-0.2, -0.15) is 0 Å². The summed E-state index contributed by atoms with van der Waals surface area (Å²) in [4.78, 5) is 38.1. The molecular formula is C64H104O6. The predicted octanol–water partition coefficient (Wildman–Crippen LogP) is 19.3. The lowest BCUT2D eigenvalue weighted by Crippen LogP contribution is -2.30. The molecule has 0 bridgehead atoms. The molecule has 0 N–H and O–H groups in total. The van der Waals surface area contributed by atoms with Crippen LogP contribution in [-0.4, -0.2) is 37.2 Å². The van der Waals surface area contributed by atoms with E-state index in [-0.39, 0.29) is 44.0 Å². The summed E-state index contributed by atoms with van der Waals surface area (Å²) in [5, 5.41) is 0. The summed E-state index contributed by atoms with van der Waals surface area (Å²) in [5.74, 6) is -1.07. The number of allylic oxidation sites excluding steroid dienone is 20. The Morgan fingerprint density at radius 2 is 0.600 bits per heavy atom. The molecule has 0 aliphatic rings. The molecule has 6 nitrogen and oxygen atoms in total. The van der Waals surface area contributed by atoms with Crippen molar-refractivity contribution in [1.82, 2.24) is 0 Å². The van der Waals surface area contributed by atoms with Crippen molar-refractivity contribution in [1.29, 1.82) is 0 Å². The second-order valence-corrected chi connectivity index (χ2v) is 18.5. The van der Waals surface area contributed by atoms with Gasteiger partial charge in [-0.05, 0) is 96.3 Å². The van der Waals surface area contributed by atoms with Gasteiger partial charge in [-0.25, -0.2) is 0 Å². The molecule has 0 aliphatic carbocycles. The zero-order valence-electron chi connectivity index (χ0n) is 45.2. The molecule has 0 aromatic carbocycles. The molecule has 1 atom stereocenters. The minimum absolute atomic E-state index is 0.124. The monoisotopic (exact) mass is 969 g/mol. The normalized spacial score (nSPS) is 13.0. The van der Waals surface area contributed by atoms with Crippen molar-refractivity contribution in [3.05, 3.63) is 122 Å². The van der Waals surface area contributed by atoms with Gasteiger partial charge < -0.3 is 14.2 Å². The number of hydrogen-bond acceptors (Lipinski definition) is 6. The summed E-state index contributed by atoms with van der Waals surface area (Å²) in [5.41, 5.74) is 0. The van der Waals surface area contributed by atoms with Crippen LogP contribution in [0.2, 0.25) is 0 Å². The first kappa shape index (κ1) is 65.8. The topological polar surface area (TPSA) is 78.9 Å². The minimum atomic E-state index is -0.839. The zero-order valence-corrected chi connectivity index (χ0v) is 45.2. The van der Waals surface area contributed by atoms with Gasteiger partial charge in [0.25, 0.3) is 0 Å². The SMILES string of the molecule is CC/C=C\C/C=C\C/C=C\C/C=C\C/C=C\C/C=C\CCC(=O)OC[C@@H](COC(=O)CCCCCCCCCCCCCCCCCC)OC(=O)CCC/C=C\C/C=C\C/C=C\C/C=C\CCCCC. The highest BCUT2D eigenvalue weighted by molar-refractivity contribution is 5.71. The van der Waals surface area contributed by atoms with E-state index in [1.165, 1.54) is 109 Å². The van der Waals surface area contributed by atoms with Crippen LogP contribution < -0.4 is 0 Å². The summed E-state index contributed by atoms with van der Waals surface area (Å²) in [6.07, 6.45) is 79.2. The third kappa shape index (κ3) is 54.7. The van der Waals surface area contributed by atoms with Crippen LogP contribution in [0.3, 0.4) is 0 Å².